The number of nitrogens with zero attached hydrogens (tertiary/aromatic N) is 1. The molecule has 4 nitrogen and oxygen atoms in total. The molecule has 1 aromatic rings. The molecule has 0 heterocycles. The molecular weight excluding hydrogens is 271 g/mol. The number of benzene rings is 1. The summed E-state index contributed by atoms with van der Waals surface area (Å²) in [5.41, 5.74) is 0.459. The molecule has 2 rings (SSSR count). The number of nitro benzene ring substituents is 1. The van der Waals surface area contributed by atoms with Crippen LogP contribution in [0.4, 0.5) is 15.8 Å². The maximum Gasteiger partial charge on any atom is 0.274 e. The van der Waals surface area contributed by atoms with Gasteiger partial charge in [-0.3, -0.25) is 10.1 Å². The molecule has 0 aliphatic heterocycles. The van der Waals surface area contributed by atoms with E-state index in [4.69, 9.17) is 0 Å². The topological polar surface area (TPSA) is 55.2 Å². The van der Waals surface area contributed by atoms with Crippen molar-refractivity contribution in [1.29, 1.82) is 0 Å². The Kier molecular flexibility index (Phi) is 4.49. The second kappa shape index (κ2) is 6.00. The lowest BCUT2D eigenvalue weighted by atomic mass is 9.69. The Balaban J connectivity index is 2.21. The van der Waals surface area contributed by atoms with E-state index in [2.05, 4.69) is 26.1 Å². The van der Waals surface area contributed by atoms with Crippen molar-refractivity contribution in [3.05, 3.63) is 34.1 Å². The molecule has 2 atom stereocenters. The maximum absolute atomic E-state index is 13.5. The normalized spacial score (nSPS) is 22.9. The molecule has 2 unspecified atom stereocenters. The first-order valence-electron chi connectivity index (χ1n) is 7.49. The number of halogens is 1. The molecule has 0 radical (unpaired) electrons. The zero-order valence-corrected chi connectivity index (χ0v) is 12.9. The van der Waals surface area contributed by atoms with E-state index in [9.17, 15) is 14.5 Å². The van der Waals surface area contributed by atoms with Gasteiger partial charge in [0.25, 0.3) is 5.69 Å². The molecule has 116 valence electrons. The number of hydrogen-bond donors (Lipinski definition) is 1. The van der Waals surface area contributed by atoms with Gasteiger partial charge in [-0.25, -0.2) is 4.39 Å². The third kappa shape index (κ3) is 3.93. The zero-order chi connectivity index (χ0) is 15.6. The van der Waals surface area contributed by atoms with E-state index in [-0.39, 0.29) is 17.1 Å². The van der Waals surface area contributed by atoms with Crippen LogP contribution in [0, 0.1) is 27.3 Å². The molecule has 1 aliphatic rings. The van der Waals surface area contributed by atoms with Gasteiger partial charge in [-0.15, -0.1) is 0 Å². The average Bonchev–Trinajstić information content (AvgIpc) is 2.37. The summed E-state index contributed by atoms with van der Waals surface area (Å²) in [6, 6.07) is 3.94. The minimum absolute atomic E-state index is 0.164. The van der Waals surface area contributed by atoms with Gasteiger partial charge >= 0.3 is 0 Å². The van der Waals surface area contributed by atoms with E-state index >= 15 is 0 Å². The maximum atomic E-state index is 13.5. The summed E-state index contributed by atoms with van der Waals surface area (Å²) in [5, 5.41) is 14.2. The molecule has 0 spiro atoms. The molecule has 0 aromatic heterocycles. The van der Waals surface area contributed by atoms with Gasteiger partial charge in [0.05, 0.1) is 11.0 Å². The third-order valence-corrected chi connectivity index (χ3v) is 4.32. The summed E-state index contributed by atoms with van der Waals surface area (Å²) in [6.07, 6.45) is 4.51. The second-order valence-corrected chi connectivity index (χ2v) is 6.96. The van der Waals surface area contributed by atoms with Crippen LogP contribution in [-0.2, 0) is 0 Å². The lowest BCUT2D eigenvalue weighted by Crippen LogP contribution is -2.39. The number of rotatable bonds is 3. The molecule has 0 bridgehead atoms. The highest BCUT2D eigenvalue weighted by atomic mass is 19.1. The number of nitrogens with one attached hydrogen (secondary N) is 1. The summed E-state index contributed by atoms with van der Waals surface area (Å²) >= 11 is 0. The van der Waals surface area contributed by atoms with Crippen molar-refractivity contribution < 1.29 is 9.31 Å². The fourth-order valence-corrected chi connectivity index (χ4v) is 3.32. The fraction of sp³-hybridized carbons (Fsp3) is 0.625. The molecule has 1 fully saturated rings. The Morgan fingerprint density at radius 1 is 1.24 bits per heavy atom. The van der Waals surface area contributed by atoms with Crippen LogP contribution in [0.1, 0.15) is 46.5 Å². The van der Waals surface area contributed by atoms with Crippen LogP contribution in [0.3, 0.4) is 0 Å². The van der Waals surface area contributed by atoms with Crippen LogP contribution in [0.25, 0.3) is 0 Å². The van der Waals surface area contributed by atoms with E-state index < -0.39 is 10.7 Å². The van der Waals surface area contributed by atoms with Gasteiger partial charge in [-0.05, 0) is 30.2 Å². The van der Waals surface area contributed by atoms with Gasteiger partial charge in [0, 0.05) is 17.8 Å². The van der Waals surface area contributed by atoms with Crippen LogP contribution in [0.2, 0.25) is 0 Å². The predicted octanol–water partition coefficient (Wildman–Crippen LogP) is 4.75. The Labute approximate surface area is 124 Å². The Morgan fingerprint density at radius 2 is 1.90 bits per heavy atom. The summed E-state index contributed by atoms with van der Waals surface area (Å²) in [4.78, 5) is 10.3. The Bertz CT molecular complexity index is 525. The van der Waals surface area contributed by atoms with E-state index in [0.29, 0.717) is 11.6 Å². The number of anilines is 1. The molecule has 1 aliphatic carbocycles. The fourth-order valence-electron chi connectivity index (χ4n) is 3.32. The van der Waals surface area contributed by atoms with Crippen LogP contribution in [-0.4, -0.2) is 11.0 Å². The standard InChI is InChI=1S/C16H23FN2O2/c1-16(2,3)14-6-4-5-7-15(14)18-12-8-11(17)9-13(10-12)19(20)21/h8-10,14-15,18H,4-7H2,1-3H3. The minimum atomic E-state index is -0.574. The van der Waals surface area contributed by atoms with Crippen molar-refractivity contribution in [1.82, 2.24) is 0 Å². The molecule has 0 amide bonds. The first kappa shape index (κ1) is 15.7. The van der Waals surface area contributed by atoms with Crippen molar-refractivity contribution in [3.63, 3.8) is 0 Å². The van der Waals surface area contributed by atoms with Gasteiger partial charge in [-0.1, -0.05) is 33.6 Å². The van der Waals surface area contributed by atoms with Crippen LogP contribution in [0.5, 0.6) is 0 Å². The van der Waals surface area contributed by atoms with Crippen LogP contribution in [0.15, 0.2) is 18.2 Å². The quantitative estimate of drug-likeness (QED) is 0.646. The first-order chi connectivity index (χ1) is 9.77. The van der Waals surface area contributed by atoms with E-state index in [1.54, 1.807) is 0 Å². The third-order valence-electron chi connectivity index (χ3n) is 4.32. The average molecular weight is 294 g/mol. The predicted molar refractivity (Wildman–Crippen MR) is 81.9 cm³/mol. The number of nitro groups is 1. The van der Waals surface area contributed by atoms with Crippen molar-refractivity contribution in [2.75, 3.05) is 5.32 Å². The lowest BCUT2D eigenvalue weighted by Gasteiger charge is -2.41. The SMILES string of the molecule is CC(C)(C)C1CCCCC1Nc1cc(F)cc([N+](=O)[O-])c1. The molecule has 1 saturated carbocycles. The van der Waals surface area contributed by atoms with E-state index in [1.165, 1.54) is 18.6 Å². The molecule has 1 N–H and O–H groups in total. The summed E-state index contributed by atoms with van der Waals surface area (Å²) in [7, 11) is 0. The van der Waals surface area contributed by atoms with E-state index in [1.807, 2.05) is 0 Å². The van der Waals surface area contributed by atoms with Crippen molar-refractivity contribution >= 4 is 11.4 Å². The molecule has 0 saturated heterocycles. The van der Waals surface area contributed by atoms with Crippen molar-refractivity contribution in [2.45, 2.75) is 52.5 Å². The highest BCUT2D eigenvalue weighted by Crippen LogP contribution is 2.39. The van der Waals surface area contributed by atoms with Gasteiger partial charge in [0.15, 0.2) is 0 Å². The molecule has 1 aromatic carbocycles. The molecule has 5 heteroatoms. The van der Waals surface area contributed by atoms with E-state index in [0.717, 1.165) is 25.3 Å². The molecule has 21 heavy (non-hydrogen) atoms. The van der Waals surface area contributed by atoms with Crippen LogP contribution < -0.4 is 5.32 Å². The van der Waals surface area contributed by atoms with Crippen molar-refractivity contribution in [3.8, 4) is 0 Å². The first-order valence-corrected chi connectivity index (χ1v) is 7.49. The van der Waals surface area contributed by atoms with Gasteiger partial charge in [-0.2, -0.15) is 0 Å². The highest BCUT2D eigenvalue weighted by Gasteiger charge is 2.34. The smallest absolute Gasteiger partial charge is 0.274 e. The Hall–Kier alpha value is -1.65. The highest BCUT2D eigenvalue weighted by molar-refractivity contribution is 5.52. The van der Waals surface area contributed by atoms with Crippen LogP contribution >= 0.6 is 0 Å². The summed E-state index contributed by atoms with van der Waals surface area (Å²) in [6.45, 7) is 6.64. The monoisotopic (exact) mass is 294 g/mol. The van der Waals surface area contributed by atoms with Crippen molar-refractivity contribution in [2.24, 2.45) is 11.3 Å². The lowest BCUT2D eigenvalue weighted by molar-refractivity contribution is -0.385. The van der Waals surface area contributed by atoms with Gasteiger partial charge in [0.1, 0.15) is 5.82 Å². The zero-order valence-electron chi connectivity index (χ0n) is 12.9. The Morgan fingerprint density at radius 3 is 2.52 bits per heavy atom. The number of hydrogen-bond acceptors (Lipinski definition) is 3. The largest absolute Gasteiger partial charge is 0.382 e. The summed E-state index contributed by atoms with van der Waals surface area (Å²) in [5.74, 6) is -0.0941. The number of non-ortho nitro benzene ring substituents is 1. The minimum Gasteiger partial charge on any atom is -0.382 e. The van der Waals surface area contributed by atoms with Gasteiger partial charge in [0.2, 0.25) is 0 Å². The second-order valence-electron chi connectivity index (χ2n) is 6.96. The summed E-state index contributed by atoms with van der Waals surface area (Å²) < 4.78 is 13.5. The van der Waals surface area contributed by atoms with Gasteiger partial charge < -0.3 is 5.32 Å². The molecular formula is C16H23FN2O2.